The van der Waals surface area contributed by atoms with Gasteiger partial charge in [0, 0.05) is 11.6 Å². The minimum absolute atomic E-state index is 0.0700. The number of hydrogen-bond donors (Lipinski definition) is 2. The van der Waals surface area contributed by atoms with Crippen molar-refractivity contribution in [3.63, 3.8) is 0 Å². The molecule has 1 amide bonds. The van der Waals surface area contributed by atoms with E-state index in [0.29, 0.717) is 18.7 Å². The van der Waals surface area contributed by atoms with Gasteiger partial charge in [-0.05, 0) is 19.1 Å². The second kappa shape index (κ2) is 4.89. The molecule has 2 heterocycles. The minimum Gasteiger partial charge on any atom is -0.480 e. The highest BCUT2D eigenvalue weighted by atomic mass is 16.5. The second-order valence-electron chi connectivity index (χ2n) is 5.54. The molecule has 0 unspecified atom stereocenters. The van der Waals surface area contributed by atoms with E-state index in [4.69, 9.17) is 9.84 Å². The highest BCUT2D eigenvalue weighted by Crippen LogP contribution is 2.28. The van der Waals surface area contributed by atoms with Crippen molar-refractivity contribution in [2.24, 2.45) is 0 Å². The Bertz CT molecular complexity index is 701. The van der Waals surface area contributed by atoms with Crippen LogP contribution >= 0.6 is 0 Å². The molecule has 1 saturated heterocycles. The number of rotatable bonds is 4. The summed E-state index contributed by atoms with van der Waals surface area (Å²) in [4.78, 5) is 27.8. The number of carboxylic acid groups (broad SMARTS) is 1. The molecule has 1 aliphatic heterocycles. The second-order valence-corrected chi connectivity index (χ2v) is 5.54. The minimum atomic E-state index is -1.00. The Labute approximate surface area is 121 Å². The Morgan fingerprint density at radius 2 is 2.14 bits per heavy atom. The number of carbonyl (C=O) groups is 2. The van der Waals surface area contributed by atoms with Crippen LogP contribution in [0.1, 0.15) is 17.3 Å². The van der Waals surface area contributed by atoms with Gasteiger partial charge in [-0.15, -0.1) is 0 Å². The lowest BCUT2D eigenvalue weighted by atomic mass is 9.95. The number of para-hydroxylation sites is 1. The van der Waals surface area contributed by atoms with Gasteiger partial charge in [-0.3, -0.25) is 4.79 Å². The molecule has 0 bridgehead atoms. The number of nitrogens with zero attached hydrogens (tertiary/aromatic N) is 1. The first-order valence-electron chi connectivity index (χ1n) is 6.70. The van der Waals surface area contributed by atoms with E-state index in [1.807, 2.05) is 25.1 Å². The molecule has 1 aromatic heterocycles. The fourth-order valence-corrected chi connectivity index (χ4v) is 2.67. The molecule has 110 valence electrons. The number of carboxylic acids is 1. The number of H-pyrrole nitrogens is 1. The number of amides is 1. The summed E-state index contributed by atoms with van der Waals surface area (Å²) in [5.74, 6) is -1.07. The average Bonchev–Trinajstić information content (AvgIpc) is 2.89. The van der Waals surface area contributed by atoms with Crippen LogP contribution in [0.3, 0.4) is 0 Å². The Hall–Kier alpha value is -2.34. The van der Waals surface area contributed by atoms with Crippen LogP contribution in [-0.4, -0.2) is 52.2 Å². The zero-order chi connectivity index (χ0) is 15.0. The zero-order valence-corrected chi connectivity index (χ0v) is 11.6. The van der Waals surface area contributed by atoms with Crippen molar-refractivity contribution < 1.29 is 19.4 Å². The maximum atomic E-state index is 12.5. The van der Waals surface area contributed by atoms with Crippen LogP contribution in [-0.2, 0) is 9.53 Å². The predicted molar refractivity (Wildman–Crippen MR) is 76.2 cm³/mol. The molecule has 0 radical (unpaired) electrons. The van der Waals surface area contributed by atoms with Crippen LogP contribution in [0, 0.1) is 0 Å². The molecule has 1 fully saturated rings. The summed E-state index contributed by atoms with van der Waals surface area (Å²) in [5.41, 5.74) is 0.873. The number of hydrogen-bond acceptors (Lipinski definition) is 3. The molecular weight excluding hydrogens is 272 g/mol. The Morgan fingerprint density at radius 3 is 2.86 bits per heavy atom. The Morgan fingerprint density at radius 1 is 1.38 bits per heavy atom. The molecule has 21 heavy (non-hydrogen) atoms. The fourth-order valence-electron chi connectivity index (χ4n) is 2.67. The molecule has 0 aliphatic carbocycles. The highest BCUT2D eigenvalue weighted by Gasteiger charge is 2.43. The third-order valence-electron chi connectivity index (χ3n) is 3.70. The summed E-state index contributed by atoms with van der Waals surface area (Å²) >= 11 is 0. The summed E-state index contributed by atoms with van der Waals surface area (Å²) < 4.78 is 5.31. The molecule has 2 N–H and O–H groups in total. The van der Waals surface area contributed by atoms with Crippen molar-refractivity contribution in [2.75, 3.05) is 19.7 Å². The normalized spacial score (nSPS) is 16.7. The number of nitrogens with one attached hydrogen (secondary N) is 1. The maximum absolute atomic E-state index is 12.5. The van der Waals surface area contributed by atoms with Gasteiger partial charge < -0.3 is 19.7 Å². The largest absolute Gasteiger partial charge is 0.480 e. The number of aromatic amines is 1. The number of carbonyl (C=O) groups excluding carboxylic acids is 1. The predicted octanol–water partition coefficient (Wildman–Crippen LogP) is 1.48. The molecule has 1 aromatic carbocycles. The number of ether oxygens (including phenoxy) is 1. The quantitative estimate of drug-likeness (QED) is 0.892. The van der Waals surface area contributed by atoms with E-state index in [-0.39, 0.29) is 12.5 Å². The third kappa shape index (κ3) is 2.50. The van der Waals surface area contributed by atoms with Crippen molar-refractivity contribution in [3.05, 3.63) is 36.0 Å². The van der Waals surface area contributed by atoms with Crippen LogP contribution in [0.2, 0.25) is 0 Å². The zero-order valence-electron chi connectivity index (χ0n) is 11.6. The monoisotopic (exact) mass is 288 g/mol. The Balaban J connectivity index is 1.71. The van der Waals surface area contributed by atoms with Crippen molar-refractivity contribution in [2.45, 2.75) is 12.5 Å². The van der Waals surface area contributed by atoms with Gasteiger partial charge in [0.25, 0.3) is 5.91 Å². The first-order chi connectivity index (χ1) is 9.98. The standard InChI is InChI=1S/C15H16N2O4/c1-15(21-7-12(18)19)8-17(9-15)14(20)11-4-2-3-10-5-6-16-13(10)11/h2-6,16H,7-9H2,1H3,(H,18,19). The topological polar surface area (TPSA) is 82.6 Å². The van der Waals surface area contributed by atoms with E-state index >= 15 is 0 Å². The fraction of sp³-hybridized carbons (Fsp3) is 0.333. The van der Waals surface area contributed by atoms with Crippen molar-refractivity contribution in [1.29, 1.82) is 0 Å². The highest BCUT2D eigenvalue weighted by molar-refractivity contribution is 6.06. The van der Waals surface area contributed by atoms with E-state index in [9.17, 15) is 9.59 Å². The van der Waals surface area contributed by atoms with E-state index in [2.05, 4.69) is 4.98 Å². The summed E-state index contributed by atoms with van der Waals surface area (Å²) in [6.45, 7) is 2.27. The summed E-state index contributed by atoms with van der Waals surface area (Å²) in [6.07, 6.45) is 1.80. The van der Waals surface area contributed by atoms with Gasteiger partial charge in [-0.2, -0.15) is 0 Å². The first-order valence-corrected chi connectivity index (χ1v) is 6.70. The number of likely N-dealkylation sites (tertiary alicyclic amines) is 1. The number of aromatic nitrogens is 1. The van der Waals surface area contributed by atoms with Crippen LogP contribution < -0.4 is 0 Å². The lowest BCUT2D eigenvalue weighted by Gasteiger charge is -2.47. The summed E-state index contributed by atoms with van der Waals surface area (Å²) in [5, 5.41) is 9.63. The van der Waals surface area contributed by atoms with E-state index in [0.717, 1.165) is 10.9 Å². The van der Waals surface area contributed by atoms with Crippen molar-refractivity contribution in [1.82, 2.24) is 9.88 Å². The molecule has 6 nitrogen and oxygen atoms in total. The average molecular weight is 288 g/mol. The van der Waals surface area contributed by atoms with Gasteiger partial charge in [0.15, 0.2) is 0 Å². The van der Waals surface area contributed by atoms with E-state index < -0.39 is 11.6 Å². The summed E-state index contributed by atoms with van der Waals surface area (Å²) in [7, 11) is 0. The molecule has 6 heteroatoms. The van der Waals surface area contributed by atoms with Crippen LogP contribution in [0.5, 0.6) is 0 Å². The smallest absolute Gasteiger partial charge is 0.329 e. The van der Waals surface area contributed by atoms with Gasteiger partial charge >= 0.3 is 5.97 Å². The van der Waals surface area contributed by atoms with Gasteiger partial charge in [0.1, 0.15) is 12.2 Å². The summed E-state index contributed by atoms with van der Waals surface area (Å²) in [6, 6.07) is 7.50. The SMILES string of the molecule is CC1(OCC(=O)O)CN(C(=O)c2cccc3cc[nH]c23)C1. The van der Waals surface area contributed by atoms with Crippen LogP contribution in [0.15, 0.2) is 30.5 Å². The van der Waals surface area contributed by atoms with E-state index in [1.165, 1.54) is 0 Å². The Kier molecular flexibility index (Phi) is 3.17. The van der Waals surface area contributed by atoms with Crippen LogP contribution in [0.4, 0.5) is 0 Å². The number of fused-ring (bicyclic) bond motifs is 1. The van der Waals surface area contributed by atoms with Gasteiger partial charge in [0.05, 0.1) is 24.2 Å². The molecule has 3 rings (SSSR count). The van der Waals surface area contributed by atoms with Crippen molar-refractivity contribution in [3.8, 4) is 0 Å². The maximum Gasteiger partial charge on any atom is 0.329 e. The lowest BCUT2D eigenvalue weighted by Crippen LogP contribution is -2.63. The molecule has 0 saturated carbocycles. The number of benzene rings is 1. The molecule has 1 aliphatic rings. The van der Waals surface area contributed by atoms with Crippen LogP contribution in [0.25, 0.3) is 10.9 Å². The molecule has 0 spiro atoms. The van der Waals surface area contributed by atoms with Gasteiger partial charge in [-0.1, -0.05) is 12.1 Å². The van der Waals surface area contributed by atoms with Gasteiger partial charge in [0.2, 0.25) is 0 Å². The first kappa shape index (κ1) is 13.6. The van der Waals surface area contributed by atoms with E-state index in [1.54, 1.807) is 17.2 Å². The molecule has 2 aromatic rings. The van der Waals surface area contributed by atoms with Crippen molar-refractivity contribution >= 4 is 22.8 Å². The molecular formula is C15H16N2O4. The van der Waals surface area contributed by atoms with Gasteiger partial charge in [-0.25, -0.2) is 4.79 Å². The number of aliphatic carboxylic acids is 1. The lowest BCUT2D eigenvalue weighted by molar-refractivity contribution is -0.159. The third-order valence-corrected chi connectivity index (χ3v) is 3.70. The molecule has 0 atom stereocenters.